The number of ether oxygens (including phenoxy) is 2. The van der Waals surface area contributed by atoms with E-state index >= 15 is 0 Å². The maximum absolute atomic E-state index is 13.1. The number of Topliss-reactive ketones (excluding diaryl/α,β-unsaturated/α-hetero) is 1. The molecule has 2 heterocycles. The van der Waals surface area contributed by atoms with Gasteiger partial charge >= 0.3 is 5.69 Å². The van der Waals surface area contributed by atoms with Crippen LogP contribution in [0, 0.1) is 6.92 Å². The SMILES string of the molecule is COCCn1c(-c2ccc(Cl)cc2)nn(CC(=O)CCC2(c3cccc(C)c3)CCOCC2)c1=O. The zero-order valence-electron chi connectivity index (χ0n) is 20.3. The molecule has 0 radical (unpaired) electrons. The van der Waals surface area contributed by atoms with Gasteiger partial charge in [-0.1, -0.05) is 41.4 Å². The molecule has 0 atom stereocenters. The van der Waals surface area contributed by atoms with Gasteiger partial charge < -0.3 is 9.47 Å². The van der Waals surface area contributed by atoms with E-state index in [1.54, 1.807) is 23.8 Å². The van der Waals surface area contributed by atoms with E-state index in [1.165, 1.54) is 15.8 Å². The highest BCUT2D eigenvalue weighted by atomic mass is 35.5. The normalized spacial score (nSPS) is 15.3. The average molecular weight is 498 g/mol. The minimum atomic E-state index is -0.320. The van der Waals surface area contributed by atoms with E-state index in [1.807, 2.05) is 12.1 Å². The summed E-state index contributed by atoms with van der Waals surface area (Å²) in [6.45, 7) is 4.12. The van der Waals surface area contributed by atoms with Crippen LogP contribution in [0.1, 0.15) is 36.8 Å². The molecule has 0 N–H and O–H groups in total. The first-order valence-electron chi connectivity index (χ1n) is 12.0. The van der Waals surface area contributed by atoms with Crippen LogP contribution in [0.4, 0.5) is 0 Å². The lowest BCUT2D eigenvalue weighted by Gasteiger charge is -2.38. The Labute approximate surface area is 210 Å². The highest BCUT2D eigenvalue weighted by Crippen LogP contribution is 2.39. The first-order chi connectivity index (χ1) is 16.9. The third-order valence-corrected chi connectivity index (χ3v) is 7.09. The van der Waals surface area contributed by atoms with Crippen LogP contribution in [0.5, 0.6) is 0 Å². The quantitative estimate of drug-likeness (QED) is 0.414. The van der Waals surface area contributed by atoms with Gasteiger partial charge in [-0.05, 0) is 56.0 Å². The summed E-state index contributed by atoms with van der Waals surface area (Å²) in [6, 6.07) is 15.7. The molecule has 0 unspecified atom stereocenters. The largest absolute Gasteiger partial charge is 0.383 e. The van der Waals surface area contributed by atoms with E-state index in [0.717, 1.165) is 24.8 Å². The van der Waals surface area contributed by atoms with Gasteiger partial charge in [-0.25, -0.2) is 9.48 Å². The summed E-state index contributed by atoms with van der Waals surface area (Å²) >= 11 is 6.02. The van der Waals surface area contributed by atoms with Crippen molar-refractivity contribution in [3.8, 4) is 11.4 Å². The molecule has 1 aliphatic heterocycles. The Morgan fingerprint density at radius 2 is 1.91 bits per heavy atom. The number of rotatable bonds is 10. The second-order valence-electron chi connectivity index (χ2n) is 9.22. The number of carbonyl (C=O) groups excluding carboxylic acids is 1. The molecule has 186 valence electrons. The minimum absolute atomic E-state index is 0.00957. The van der Waals surface area contributed by atoms with Gasteiger partial charge in [-0.2, -0.15) is 0 Å². The van der Waals surface area contributed by atoms with Crippen LogP contribution in [0.15, 0.2) is 53.3 Å². The molecule has 0 aliphatic carbocycles. The Morgan fingerprint density at radius 1 is 1.17 bits per heavy atom. The number of aromatic nitrogens is 3. The molecule has 3 aromatic rings. The summed E-state index contributed by atoms with van der Waals surface area (Å²) in [6.07, 6.45) is 2.87. The Balaban J connectivity index is 1.53. The van der Waals surface area contributed by atoms with Crippen molar-refractivity contribution >= 4 is 17.4 Å². The molecule has 35 heavy (non-hydrogen) atoms. The zero-order valence-corrected chi connectivity index (χ0v) is 21.1. The molecule has 0 spiro atoms. The number of aryl methyl sites for hydroxylation is 1. The topological polar surface area (TPSA) is 75.3 Å². The summed E-state index contributed by atoms with van der Waals surface area (Å²) < 4.78 is 13.6. The molecular formula is C27H32ClN3O4. The van der Waals surface area contributed by atoms with Crippen LogP contribution in [-0.4, -0.2) is 47.1 Å². The van der Waals surface area contributed by atoms with E-state index in [0.29, 0.717) is 43.6 Å². The van der Waals surface area contributed by atoms with Crippen molar-refractivity contribution in [3.05, 3.63) is 75.2 Å². The van der Waals surface area contributed by atoms with Gasteiger partial charge in [0.15, 0.2) is 11.6 Å². The fourth-order valence-electron chi connectivity index (χ4n) is 4.79. The number of methoxy groups -OCH3 is 1. The predicted molar refractivity (Wildman–Crippen MR) is 136 cm³/mol. The van der Waals surface area contributed by atoms with Crippen molar-refractivity contribution < 1.29 is 14.3 Å². The number of ketones is 1. The monoisotopic (exact) mass is 497 g/mol. The van der Waals surface area contributed by atoms with Crippen molar-refractivity contribution in [2.75, 3.05) is 26.9 Å². The number of benzene rings is 2. The molecule has 1 saturated heterocycles. The second-order valence-corrected chi connectivity index (χ2v) is 9.65. The highest BCUT2D eigenvalue weighted by Gasteiger charge is 2.34. The lowest BCUT2D eigenvalue weighted by molar-refractivity contribution is -0.120. The van der Waals surface area contributed by atoms with Gasteiger partial charge in [0.2, 0.25) is 0 Å². The van der Waals surface area contributed by atoms with Crippen LogP contribution in [0.25, 0.3) is 11.4 Å². The Kier molecular flexibility index (Phi) is 8.21. The fraction of sp³-hybridized carbons (Fsp3) is 0.444. The smallest absolute Gasteiger partial charge is 0.346 e. The van der Waals surface area contributed by atoms with E-state index < -0.39 is 0 Å². The molecule has 0 saturated carbocycles. The molecular weight excluding hydrogens is 466 g/mol. The number of nitrogens with zero attached hydrogens (tertiary/aromatic N) is 3. The van der Waals surface area contributed by atoms with Crippen LogP contribution in [0.3, 0.4) is 0 Å². The van der Waals surface area contributed by atoms with Crippen LogP contribution in [-0.2, 0) is 32.8 Å². The lowest BCUT2D eigenvalue weighted by atomic mass is 9.70. The standard InChI is InChI=1S/C27H32ClN3O4/c1-20-4-3-5-22(18-20)27(12-15-35-16-13-27)11-10-24(32)19-31-26(33)30(14-17-34-2)25(29-31)21-6-8-23(28)9-7-21/h3-9,18H,10-17,19H2,1-2H3. The number of halogens is 1. The average Bonchev–Trinajstić information content (AvgIpc) is 3.17. The zero-order chi connectivity index (χ0) is 24.8. The van der Waals surface area contributed by atoms with E-state index in [-0.39, 0.29) is 23.4 Å². The Bertz CT molecular complexity index is 1210. The molecule has 1 aromatic heterocycles. The van der Waals surface area contributed by atoms with E-state index in [2.05, 4.69) is 36.3 Å². The Hall–Kier alpha value is -2.74. The highest BCUT2D eigenvalue weighted by molar-refractivity contribution is 6.30. The van der Waals surface area contributed by atoms with Crippen LogP contribution < -0.4 is 5.69 Å². The van der Waals surface area contributed by atoms with Gasteiger partial charge in [0.05, 0.1) is 13.2 Å². The molecule has 7 nitrogen and oxygen atoms in total. The van der Waals surface area contributed by atoms with Crippen molar-refractivity contribution in [3.63, 3.8) is 0 Å². The third kappa shape index (κ3) is 5.92. The molecule has 8 heteroatoms. The van der Waals surface area contributed by atoms with Gasteiger partial charge in [0.1, 0.15) is 6.54 Å². The first-order valence-corrected chi connectivity index (χ1v) is 12.4. The summed E-state index contributed by atoms with van der Waals surface area (Å²) in [4.78, 5) is 26.2. The molecule has 1 aliphatic rings. The molecule has 4 rings (SSSR count). The van der Waals surface area contributed by atoms with Crippen molar-refractivity contribution in [1.82, 2.24) is 14.3 Å². The van der Waals surface area contributed by atoms with E-state index in [9.17, 15) is 9.59 Å². The molecule has 2 aromatic carbocycles. The maximum Gasteiger partial charge on any atom is 0.346 e. The molecule has 1 fully saturated rings. The number of hydrogen-bond donors (Lipinski definition) is 0. The number of hydrogen-bond acceptors (Lipinski definition) is 5. The van der Waals surface area contributed by atoms with Crippen LogP contribution in [0.2, 0.25) is 5.02 Å². The summed E-state index contributed by atoms with van der Waals surface area (Å²) in [7, 11) is 1.58. The fourth-order valence-corrected chi connectivity index (χ4v) is 4.91. The van der Waals surface area contributed by atoms with Crippen LogP contribution >= 0.6 is 11.6 Å². The van der Waals surface area contributed by atoms with Crippen molar-refractivity contribution in [2.24, 2.45) is 0 Å². The van der Waals surface area contributed by atoms with Gasteiger partial charge in [0.25, 0.3) is 0 Å². The lowest BCUT2D eigenvalue weighted by Crippen LogP contribution is -2.35. The first kappa shape index (κ1) is 25.4. The van der Waals surface area contributed by atoms with E-state index in [4.69, 9.17) is 21.1 Å². The summed E-state index contributed by atoms with van der Waals surface area (Å²) in [5, 5.41) is 5.11. The summed E-state index contributed by atoms with van der Waals surface area (Å²) in [5.41, 5.74) is 2.83. The third-order valence-electron chi connectivity index (χ3n) is 6.83. The van der Waals surface area contributed by atoms with Gasteiger partial charge in [0, 0.05) is 42.7 Å². The maximum atomic E-state index is 13.1. The van der Waals surface area contributed by atoms with Crippen molar-refractivity contribution in [2.45, 2.75) is 51.1 Å². The minimum Gasteiger partial charge on any atom is -0.383 e. The predicted octanol–water partition coefficient (Wildman–Crippen LogP) is 4.42. The second kappa shape index (κ2) is 11.3. The van der Waals surface area contributed by atoms with Gasteiger partial charge in [-0.3, -0.25) is 9.36 Å². The molecule has 0 bridgehead atoms. The molecule has 0 amide bonds. The number of carbonyl (C=O) groups is 1. The summed E-state index contributed by atoms with van der Waals surface area (Å²) in [5.74, 6) is 0.488. The Morgan fingerprint density at radius 3 is 2.60 bits per heavy atom. The van der Waals surface area contributed by atoms with Gasteiger partial charge in [-0.15, -0.1) is 5.10 Å². The van der Waals surface area contributed by atoms with Crippen molar-refractivity contribution in [1.29, 1.82) is 0 Å².